The summed E-state index contributed by atoms with van der Waals surface area (Å²) in [4.78, 5) is 0. The lowest BCUT2D eigenvalue weighted by Gasteiger charge is -2.21. The lowest BCUT2D eigenvalue weighted by atomic mass is 9.95. The minimum Gasteiger partial charge on any atom is -0.490 e. The summed E-state index contributed by atoms with van der Waals surface area (Å²) in [5.74, 6) is 0.975. The number of halogens is 1. The summed E-state index contributed by atoms with van der Waals surface area (Å²) >= 11 is 3.62. The minimum absolute atomic E-state index is 0.172. The van der Waals surface area contributed by atoms with Crippen molar-refractivity contribution in [2.75, 3.05) is 7.05 Å². The van der Waals surface area contributed by atoms with Crippen LogP contribution in [0.25, 0.3) is 0 Å². The van der Waals surface area contributed by atoms with Gasteiger partial charge in [-0.25, -0.2) is 0 Å². The molecule has 1 N–H and O–H groups in total. The van der Waals surface area contributed by atoms with Crippen molar-refractivity contribution in [1.29, 1.82) is 0 Å². The van der Waals surface area contributed by atoms with E-state index < -0.39 is 0 Å². The van der Waals surface area contributed by atoms with E-state index in [1.54, 1.807) is 0 Å². The van der Waals surface area contributed by atoms with Crippen LogP contribution < -0.4 is 10.1 Å². The molecule has 2 nitrogen and oxygen atoms in total. The summed E-state index contributed by atoms with van der Waals surface area (Å²) in [6, 6.07) is 14.9. The number of rotatable bonds is 5. The molecule has 2 aromatic rings. The third kappa shape index (κ3) is 3.30. The quantitative estimate of drug-likeness (QED) is 0.854. The van der Waals surface area contributed by atoms with Crippen molar-refractivity contribution in [2.24, 2.45) is 0 Å². The summed E-state index contributed by atoms with van der Waals surface area (Å²) in [6.45, 7) is 2.15. The van der Waals surface area contributed by atoms with E-state index in [9.17, 15) is 0 Å². The van der Waals surface area contributed by atoms with Crippen molar-refractivity contribution in [1.82, 2.24) is 5.32 Å². The first-order valence-corrected chi connectivity index (χ1v) is 8.17. The molecule has 0 amide bonds. The highest BCUT2D eigenvalue weighted by atomic mass is 79.9. The third-order valence-electron chi connectivity index (χ3n) is 3.93. The molecule has 0 saturated heterocycles. The summed E-state index contributed by atoms with van der Waals surface area (Å²) < 4.78 is 7.06. The van der Waals surface area contributed by atoms with E-state index in [2.05, 4.69) is 64.6 Å². The molecular formula is C18H20BrNO. The van der Waals surface area contributed by atoms with E-state index in [4.69, 9.17) is 4.74 Å². The topological polar surface area (TPSA) is 21.3 Å². The second kappa shape index (κ2) is 6.20. The van der Waals surface area contributed by atoms with Gasteiger partial charge in [-0.2, -0.15) is 0 Å². The Morgan fingerprint density at radius 3 is 2.67 bits per heavy atom. The average Bonchev–Trinajstić information content (AvgIpc) is 3.29. The first-order chi connectivity index (χ1) is 10.2. The molecule has 1 aliphatic rings. The number of ether oxygens (including phenoxy) is 1. The van der Waals surface area contributed by atoms with Crippen molar-refractivity contribution in [3.8, 4) is 5.75 Å². The van der Waals surface area contributed by atoms with Gasteiger partial charge in [0, 0.05) is 4.47 Å². The standard InChI is InChI=1S/C18H20BrNO/c1-12-16(7-4-8-17(12)19)18(20-2)13-5-3-6-15(11-13)21-14-9-10-14/h3-8,11,14,18,20H,9-10H2,1-2H3. The van der Waals surface area contributed by atoms with Crippen molar-refractivity contribution in [3.05, 3.63) is 63.6 Å². The molecule has 0 heterocycles. The molecule has 1 fully saturated rings. The molecule has 21 heavy (non-hydrogen) atoms. The number of hydrogen-bond donors (Lipinski definition) is 1. The van der Waals surface area contributed by atoms with Crippen molar-refractivity contribution in [2.45, 2.75) is 31.9 Å². The fourth-order valence-corrected chi connectivity index (χ4v) is 2.97. The van der Waals surface area contributed by atoms with Gasteiger partial charge in [-0.3, -0.25) is 0 Å². The van der Waals surface area contributed by atoms with E-state index in [0.717, 1.165) is 10.2 Å². The predicted molar refractivity (Wildman–Crippen MR) is 89.9 cm³/mol. The van der Waals surface area contributed by atoms with Crippen LogP contribution in [-0.2, 0) is 0 Å². The van der Waals surface area contributed by atoms with Crippen molar-refractivity contribution in [3.63, 3.8) is 0 Å². The highest BCUT2D eigenvalue weighted by Gasteiger charge is 2.24. The summed E-state index contributed by atoms with van der Waals surface area (Å²) in [7, 11) is 2.00. The van der Waals surface area contributed by atoms with Crippen LogP contribution in [0.15, 0.2) is 46.9 Å². The second-order valence-electron chi connectivity index (χ2n) is 5.57. The number of nitrogens with one attached hydrogen (secondary N) is 1. The lowest BCUT2D eigenvalue weighted by molar-refractivity contribution is 0.302. The van der Waals surface area contributed by atoms with Gasteiger partial charge in [0.05, 0.1) is 12.1 Å². The Hall–Kier alpha value is -1.32. The number of benzene rings is 2. The van der Waals surface area contributed by atoms with Gasteiger partial charge in [0.2, 0.25) is 0 Å². The zero-order valence-electron chi connectivity index (χ0n) is 12.4. The Balaban J connectivity index is 1.93. The van der Waals surface area contributed by atoms with Crippen molar-refractivity contribution >= 4 is 15.9 Å². The van der Waals surface area contributed by atoms with Crippen LogP contribution in [-0.4, -0.2) is 13.2 Å². The zero-order chi connectivity index (χ0) is 14.8. The van der Waals surface area contributed by atoms with Gasteiger partial charge < -0.3 is 10.1 Å². The second-order valence-corrected chi connectivity index (χ2v) is 6.42. The van der Waals surface area contributed by atoms with E-state index in [0.29, 0.717) is 6.10 Å². The van der Waals surface area contributed by atoms with Gasteiger partial charge in [0.25, 0.3) is 0 Å². The SMILES string of the molecule is CNC(c1cccc(OC2CC2)c1)c1cccc(Br)c1C. The largest absolute Gasteiger partial charge is 0.490 e. The maximum absolute atomic E-state index is 5.91. The smallest absolute Gasteiger partial charge is 0.120 e. The molecule has 2 aromatic carbocycles. The molecule has 0 radical (unpaired) electrons. The summed E-state index contributed by atoms with van der Waals surface area (Å²) in [6.07, 6.45) is 2.80. The maximum Gasteiger partial charge on any atom is 0.120 e. The predicted octanol–water partition coefficient (Wildman–Crippen LogP) is 4.61. The fourth-order valence-electron chi connectivity index (χ4n) is 2.58. The van der Waals surface area contributed by atoms with Gasteiger partial charge in [-0.1, -0.05) is 40.2 Å². The van der Waals surface area contributed by atoms with Crippen LogP contribution in [0.5, 0.6) is 5.75 Å². The van der Waals surface area contributed by atoms with Crippen LogP contribution in [0.2, 0.25) is 0 Å². The van der Waals surface area contributed by atoms with Gasteiger partial charge in [0.1, 0.15) is 5.75 Å². The molecule has 110 valence electrons. The molecule has 1 unspecified atom stereocenters. The van der Waals surface area contributed by atoms with E-state index >= 15 is 0 Å². The molecule has 0 spiro atoms. The normalized spacial score (nSPS) is 15.8. The Kier molecular flexibility index (Phi) is 4.32. The van der Waals surface area contributed by atoms with Gasteiger partial charge in [0.15, 0.2) is 0 Å². The Morgan fingerprint density at radius 1 is 1.19 bits per heavy atom. The lowest BCUT2D eigenvalue weighted by Crippen LogP contribution is -2.19. The molecule has 0 aromatic heterocycles. The molecule has 1 aliphatic carbocycles. The molecule has 1 atom stereocenters. The fraction of sp³-hybridized carbons (Fsp3) is 0.333. The average molecular weight is 346 g/mol. The van der Waals surface area contributed by atoms with E-state index in [1.165, 1.54) is 29.5 Å². The highest BCUT2D eigenvalue weighted by Crippen LogP contribution is 2.32. The van der Waals surface area contributed by atoms with Crippen LogP contribution in [0.1, 0.15) is 35.6 Å². The van der Waals surface area contributed by atoms with E-state index in [-0.39, 0.29) is 6.04 Å². The molecule has 1 saturated carbocycles. The van der Waals surface area contributed by atoms with Gasteiger partial charge >= 0.3 is 0 Å². The molecule has 3 rings (SSSR count). The third-order valence-corrected chi connectivity index (χ3v) is 4.79. The van der Waals surface area contributed by atoms with Gasteiger partial charge in [-0.15, -0.1) is 0 Å². The zero-order valence-corrected chi connectivity index (χ0v) is 14.0. The Morgan fingerprint density at radius 2 is 1.95 bits per heavy atom. The van der Waals surface area contributed by atoms with Crippen LogP contribution in [0.3, 0.4) is 0 Å². The first-order valence-electron chi connectivity index (χ1n) is 7.38. The summed E-state index contributed by atoms with van der Waals surface area (Å²) in [5.41, 5.74) is 3.79. The first kappa shape index (κ1) is 14.6. The Bertz CT molecular complexity index is 637. The summed E-state index contributed by atoms with van der Waals surface area (Å²) in [5, 5.41) is 3.42. The monoisotopic (exact) mass is 345 g/mol. The van der Waals surface area contributed by atoms with Crippen molar-refractivity contribution < 1.29 is 4.74 Å². The highest BCUT2D eigenvalue weighted by molar-refractivity contribution is 9.10. The maximum atomic E-state index is 5.91. The van der Waals surface area contributed by atoms with Crippen LogP contribution in [0.4, 0.5) is 0 Å². The minimum atomic E-state index is 0.172. The van der Waals surface area contributed by atoms with E-state index in [1.807, 2.05) is 13.1 Å². The van der Waals surface area contributed by atoms with Crippen LogP contribution >= 0.6 is 15.9 Å². The number of hydrogen-bond acceptors (Lipinski definition) is 2. The Labute approximate surface area is 134 Å². The van der Waals surface area contributed by atoms with Crippen LogP contribution in [0, 0.1) is 6.92 Å². The molecule has 0 bridgehead atoms. The molecule has 0 aliphatic heterocycles. The van der Waals surface area contributed by atoms with Gasteiger partial charge in [-0.05, 0) is 61.7 Å². The molecule has 3 heteroatoms. The molecular weight excluding hydrogens is 326 g/mol.